The number of anilines is 2. The molecule has 2 aromatic carbocycles. The minimum Gasteiger partial charge on any atom is -0.485 e. The number of para-hydroxylation sites is 1. The van der Waals surface area contributed by atoms with E-state index in [1.54, 1.807) is 39.2 Å². The number of pyridine rings is 1. The first-order valence-corrected chi connectivity index (χ1v) is 33.9. The van der Waals surface area contributed by atoms with Crippen LogP contribution < -0.4 is 31.7 Å². The Kier molecular flexibility index (Phi) is 41.9. The van der Waals surface area contributed by atoms with Gasteiger partial charge in [-0.2, -0.15) is 0 Å². The minimum atomic E-state index is -1.63. The van der Waals surface area contributed by atoms with Crippen LogP contribution in [-0.4, -0.2) is 285 Å². The van der Waals surface area contributed by atoms with E-state index in [0.717, 1.165) is 5.39 Å². The van der Waals surface area contributed by atoms with E-state index in [2.05, 4.69) is 21.3 Å². The monoisotopic (exact) mass is 1410 g/mol. The number of carbonyl (C=O) groups is 4. The normalized spacial score (nSPS) is 16.7. The molecule has 1 aliphatic rings. The average molecular weight is 1410 g/mol. The molecule has 1 fully saturated rings. The number of nitrogens with zero attached hydrogens (tertiary/aromatic N) is 3. The molecule has 4 amide bonds. The number of fused-ring (bicyclic) bond motifs is 3. The molecule has 5 rings (SSSR count). The number of rotatable bonds is 57. The van der Waals surface area contributed by atoms with Gasteiger partial charge in [0.05, 0.1) is 193 Å². The van der Waals surface area contributed by atoms with E-state index in [9.17, 15) is 44.7 Å². The van der Waals surface area contributed by atoms with Gasteiger partial charge < -0.3 is 123 Å². The summed E-state index contributed by atoms with van der Waals surface area (Å²) in [7, 11) is 1.63. The van der Waals surface area contributed by atoms with Crippen LogP contribution in [0.5, 0.6) is 5.75 Å². The molecule has 0 spiro atoms. The van der Waals surface area contributed by atoms with E-state index in [1.165, 1.54) is 12.1 Å². The number of carbonyl (C=O) groups excluding carboxylic acids is 4. The van der Waals surface area contributed by atoms with Gasteiger partial charge in [0.25, 0.3) is 0 Å². The van der Waals surface area contributed by atoms with Crippen LogP contribution in [0, 0.1) is 5.92 Å². The van der Waals surface area contributed by atoms with E-state index in [4.69, 9.17) is 86.8 Å². The van der Waals surface area contributed by atoms with Crippen molar-refractivity contribution in [2.75, 3.05) is 196 Å². The molecule has 0 aliphatic heterocycles. The highest BCUT2D eigenvalue weighted by Crippen LogP contribution is 2.35. The van der Waals surface area contributed by atoms with Gasteiger partial charge in [-0.3, -0.25) is 19.7 Å². The highest BCUT2D eigenvalue weighted by atomic mass is 16.6. The van der Waals surface area contributed by atoms with Gasteiger partial charge in [-0.25, -0.2) is 14.8 Å². The number of amides is 4. The van der Waals surface area contributed by atoms with Gasteiger partial charge in [-0.1, -0.05) is 24.3 Å². The summed E-state index contributed by atoms with van der Waals surface area (Å²) in [5, 5.41) is 64.4. The van der Waals surface area contributed by atoms with Crippen LogP contribution in [0.2, 0.25) is 0 Å². The zero-order valence-corrected chi connectivity index (χ0v) is 57.9. The van der Waals surface area contributed by atoms with Crippen LogP contribution in [0.4, 0.5) is 16.3 Å². The molecule has 2 heterocycles. The zero-order valence-electron chi connectivity index (χ0n) is 57.9. The molecule has 6 atom stereocenters. The van der Waals surface area contributed by atoms with Crippen molar-refractivity contribution in [3.63, 3.8) is 0 Å². The van der Waals surface area contributed by atoms with Crippen molar-refractivity contribution in [2.45, 2.75) is 115 Å². The molecule has 0 bridgehead atoms. The van der Waals surface area contributed by atoms with Gasteiger partial charge in [-0.15, -0.1) is 0 Å². The van der Waals surface area contributed by atoms with Gasteiger partial charge in [0.15, 0.2) is 5.82 Å². The number of aliphatic hydroxyl groups excluding tert-OH is 4. The molecule has 560 valence electrons. The number of imidazole rings is 1. The molecule has 2 aromatic heterocycles. The van der Waals surface area contributed by atoms with Gasteiger partial charge in [0, 0.05) is 57.6 Å². The molecule has 1 aliphatic carbocycles. The van der Waals surface area contributed by atoms with Crippen molar-refractivity contribution in [1.82, 2.24) is 25.2 Å². The number of methoxy groups -OCH3 is 1. The molecular formula is C67H108N8O24. The van der Waals surface area contributed by atoms with Gasteiger partial charge in [-0.05, 0) is 70.2 Å². The molecule has 0 radical (unpaired) electrons. The van der Waals surface area contributed by atoms with Crippen molar-refractivity contribution in [2.24, 2.45) is 11.7 Å². The first-order chi connectivity index (χ1) is 48.0. The molecular weight excluding hydrogens is 1300 g/mol. The SMILES string of the molecule is CCOCc1nc2c(NC(=O)OCc3ccc(O[C@H]4C[C@H](CO)[C@@H](O)[C@H](O)[C@@H]4O)c(NC(=O)CCNC(=O)[C@@H](N)CCCCNC(=O)CCOCCOCCOCCOCCOCCOCCOCCOCCOCCOCCOCCOC)c3)nc3ccccc3c2n1CC(C)(C)O. The maximum Gasteiger partial charge on any atom is 0.413 e. The summed E-state index contributed by atoms with van der Waals surface area (Å²) in [5.41, 5.74) is 7.03. The first-order valence-electron chi connectivity index (χ1n) is 33.9. The Morgan fingerprint density at radius 1 is 0.626 bits per heavy atom. The Labute approximate surface area is 578 Å². The van der Waals surface area contributed by atoms with Crippen LogP contribution in [-0.2, 0) is 100 Å². The Morgan fingerprint density at radius 2 is 1.17 bits per heavy atom. The number of benzene rings is 2. The fourth-order valence-corrected chi connectivity index (χ4v) is 9.91. The van der Waals surface area contributed by atoms with Crippen LogP contribution in [0.25, 0.3) is 21.9 Å². The molecule has 0 saturated heterocycles. The molecule has 0 unspecified atom stereocenters. The second-order valence-corrected chi connectivity index (χ2v) is 23.6. The lowest BCUT2D eigenvalue weighted by Crippen LogP contribution is -2.56. The Morgan fingerprint density at radius 3 is 1.71 bits per heavy atom. The quantitative estimate of drug-likeness (QED) is 0.0282. The Bertz CT molecular complexity index is 2890. The summed E-state index contributed by atoms with van der Waals surface area (Å²) in [6.07, 6.45) is -5.26. The zero-order chi connectivity index (χ0) is 71.3. The summed E-state index contributed by atoms with van der Waals surface area (Å²) >= 11 is 0. The predicted octanol–water partition coefficient (Wildman–Crippen LogP) is 1.76. The number of nitrogens with one attached hydrogen (secondary N) is 4. The average Bonchev–Trinajstić information content (AvgIpc) is 1.62. The van der Waals surface area contributed by atoms with Crippen molar-refractivity contribution in [3.05, 3.63) is 53.9 Å². The second-order valence-electron chi connectivity index (χ2n) is 23.6. The van der Waals surface area contributed by atoms with Crippen molar-refractivity contribution >= 4 is 57.3 Å². The van der Waals surface area contributed by atoms with Gasteiger partial charge >= 0.3 is 6.09 Å². The predicted molar refractivity (Wildman–Crippen MR) is 361 cm³/mol. The second kappa shape index (κ2) is 49.6. The Hall–Kier alpha value is -5.96. The summed E-state index contributed by atoms with van der Waals surface area (Å²) in [4.78, 5) is 61.8. The molecule has 4 aromatic rings. The van der Waals surface area contributed by atoms with Crippen LogP contribution in [0.15, 0.2) is 42.5 Å². The van der Waals surface area contributed by atoms with Gasteiger partial charge in [0.1, 0.15) is 48.6 Å². The third-order valence-corrected chi connectivity index (χ3v) is 15.0. The van der Waals surface area contributed by atoms with E-state index in [-0.39, 0.29) is 75.3 Å². The fourth-order valence-electron chi connectivity index (χ4n) is 9.91. The fraction of sp³-hybridized carbons (Fsp3) is 0.701. The lowest BCUT2D eigenvalue weighted by atomic mass is 9.81. The molecule has 1 saturated carbocycles. The summed E-state index contributed by atoms with van der Waals surface area (Å²) in [5.74, 6) is -1.37. The molecule has 32 nitrogen and oxygen atoms in total. The van der Waals surface area contributed by atoms with Crippen LogP contribution in [0.3, 0.4) is 0 Å². The van der Waals surface area contributed by atoms with Crippen molar-refractivity contribution in [3.8, 4) is 5.75 Å². The number of unbranched alkanes of at least 4 members (excludes halogenated alkanes) is 1. The molecule has 11 N–H and O–H groups in total. The lowest BCUT2D eigenvalue weighted by molar-refractivity contribution is -0.156. The maximum atomic E-state index is 13.6. The number of hydrogen-bond acceptors (Lipinski definition) is 27. The van der Waals surface area contributed by atoms with E-state index >= 15 is 0 Å². The topological polar surface area (TPSA) is 413 Å². The third-order valence-electron chi connectivity index (χ3n) is 15.0. The number of aromatic nitrogens is 3. The number of ether oxygens (including phenoxy) is 15. The number of nitrogens with two attached hydrogens (primary N) is 1. The number of aliphatic hydroxyl groups is 5. The van der Waals surface area contributed by atoms with E-state index in [0.29, 0.717) is 206 Å². The van der Waals surface area contributed by atoms with E-state index in [1.807, 2.05) is 23.6 Å². The highest BCUT2D eigenvalue weighted by Gasteiger charge is 2.44. The first kappa shape index (κ1) is 83.7. The largest absolute Gasteiger partial charge is 0.485 e. The van der Waals surface area contributed by atoms with Crippen molar-refractivity contribution < 1.29 is 116 Å². The maximum absolute atomic E-state index is 13.6. The highest BCUT2D eigenvalue weighted by molar-refractivity contribution is 6.09. The smallest absolute Gasteiger partial charge is 0.413 e. The van der Waals surface area contributed by atoms with Crippen molar-refractivity contribution in [1.29, 1.82) is 0 Å². The number of hydrogen-bond donors (Lipinski definition) is 10. The standard InChI is InChI=1S/C67H108N8O24/c1-5-86-46-56-73-59-60(75(56)47-67(2,3)84)50-10-6-7-12-52(50)72-64(59)74-66(83)98-45-48-13-14-54(99-55-43-49(44-76)61(79)63(81)62(55)80)53(42-48)71-58(78)15-18-70-65(82)51(68)11-8-9-17-69-57(77)16-19-87-22-23-89-26-27-91-30-31-93-34-35-95-38-39-97-41-40-96-37-36-94-33-32-92-29-28-90-25-24-88-21-20-85-4/h6-7,10,12-14,42,49,51,55,61-63,76,79-81,84H,5,8-9,11,15-41,43-47,68H2,1-4H3,(H,69,77)(H,70,82)(H,71,78)(H,72,74,83)/t49-,51+,55+,61-,62-,63+/m1/s1. The van der Waals surface area contributed by atoms with Gasteiger partial charge in [0.2, 0.25) is 17.7 Å². The summed E-state index contributed by atoms with van der Waals surface area (Å²) in [6, 6.07) is 10.9. The Balaban J connectivity index is 0.880. The summed E-state index contributed by atoms with van der Waals surface area (Å²) in [6.45, 7) is 15.7. The summed E-state index contributed by atoms with van der Waals surface area (Å²) < 4.78 is 84.5. The third kappa shape index (κ3) is 33.6. The van der Waals surface area contributed by atoms with Crippen LogP contribution >= 0.6 is 0 Å². The molecule has 32 heteroatoms. The van der Waals surface area contributed by atoms with Crippen LogP contribution in [0.1, 0.15) is 70.7 Å². The van der Waals surface area contributed by atoms with E-state index < -0.39 is 66.5 Å². The lowest BCUT2D eigenvalue weighted by Gasteiger charge is -2.39. The molecule has 99 heavy (non-hydrogen) atoms. The minimum absolute atomic E-state index is 0.0417.